The molecule has 130 valence electrons. The van der Waals surface area contributed by atoms with Crippen LogP contribution in [0.25, 0.3) is 0 Å². The van der Waals surface area contributed by atoms with Crippen LogP contribution in [0.4, 0.5) is 0 Å². The van der Waals surface area contributed by atoms with Crippen LogP contribution in [0.2, 0.25) is 0 Å². The van der Waals surface area contributed by atoms with Crippen LogP contribution in [0.5, 0.6) is 0 Å². The van der Waals surface area contributed by atoms with E-state index in [1.54, 1.807) is 37.4 Å². The molecule has 1 atom stereocenters. The van der Waals surface area contributed by atoms with Gasteiger partial charge in [-0.3, -0.25) is 4.99 Å². The molecule has 0 heterocycles. The number of nitrogens with zero attached hydrogens (tertiary/aromatic N) is 1. The number of benzene rings is 1. The number of rotatable bonds is 9. The van der Waals surface area contributed by atoms with Gasteiger partial charge >= 0.3 is 0 Å². The van der Waals surface area contributed by atoms with E-state index in [1.165, 1.54) is 0 Å². The highest BCUT2D eigenvalue weighted by molar-refractivity contribution is 7.91. The monoisotopic (exact) mass is 341 g/mol. The van der Waals surface area contributed by atoms with Crippen molar-refractivity contribution in [3.8, 4) is 0 Å². The smallest absolute Gasteiger partial charge is 0.191 e. The van der Waals surface area contributed by atoms with Crippen LogP contribution in [-0.4, -0.2) is 53.0 Å². The largest absolute Gasteiger partial charge is 0.383 e. The lowest BCUT2D eigenvalue weighted by molar-refractivity contribution is 0.208. The Morgan fingerprint density at radius 1 is 1.26 bits per heavy atom. The lowest BCUT2D eigenvalue weighted by Gasteiger charge is -2.20. The van der Waals surface area contributed by atoms with Gasteiger partial charge in [0.2, 0.25) is 0 Å². The van der Waals surface area contributed by atoms with Crippen LogP contribution in [0.3, 0.4) is 0 Å². The second-order valence-corrected chi connectivity index (χ2v) is 7.13. The van der Waals surface area contributed by atoms with Gasteiger partial charge in [0.1, 0.15) is 0 Å². The van der Waals surface area contributed by atoms with Crippen LogP contribution in [0.15, 0.2) is 40.2 Å². The van der Waals surface area contributed by atoms with Crippen molar-refractivity contribution in [3.05, 3.63) is 30.3 Å². The second-order valence-electron chi connectivity index (χ2n) is 5.10. The minimum absolute atomic E-state index is 0.0300. The molecule has 0 aliphatic heterocycles. The van der Waals surface area contributed by atoms with E-state index in [1.807, 2.05) is 13.8 Å². The van der Waals surface area contributed by atoms with Gasteiger partial charge in [0, 0.05) is 19.7 Å². The molecule has 0 aliphatic rings. The summed E-state index contributed by atoms with van der Waals surface area (Å²) < 4.78 is 29.9. The predicted molar refractivity (Wildman–Crippen MR) is 93.6 cm³/mol. The SMILES string of the molecule is CCNC(=NCCOC)NC(CC)CS(=O)(=O)c1ccccc1. The third-order valence-corrected chi connectivity index (χ3v) is 5.10. The summed E-state index contributed by atoms with van der Waals surface area (Å²) in [7, 11) is -1.71. The fourth-order valence-electron chi connectivity index (χ4n) is 2.01. The molecule has 0 aromatic heterocycles. The average molecular weight is 341 g/mol. The fraction of sp³-hybridized carbons (Fsp3) is 0.562. The van der Waals surface area contributed by atoms with Gasteiger partial charge in [-0.2, -0.15) is 0 Å². The summed E-state index contributed by atoms with van der Waals surface area (Å²) in [5.41, 5.74) is 0. The molecule has 2 N–H and O–H groups in total. The van der Waals surface area contributed by atoms with Gasteiger partial charge in [0.05, 0.1) is 23.8 Å². The molecule has 0 saturated carbocycles. The Bertz CT molecular complexity index is 573. The first-order chi connectivity index (χ1) is 11.0. The lowest BCUT2D eigenvalue weighted by Crippen LogP contribution is -2.46. The van der Waals surface area contributed by atoms with Crippen molar-refractivity contribution in [1.82, 2.24) is 10.6 Å². The van der Waals surface area contributed by atoms with Gasteiger partial charge < -0.3 is 15.4 Å². The number of ether oxygens (including phenoxy) is 1. The van der Waals surface area contributed by atoms with Gasteiger partial charge in [-0.15, -0.1) is 0 Å². The molecule has 7 heteroatoms. The van der Waals surface area contributed by atoms with Crippen molar-refractivity contribution in [2.24, 2.45) is 4.99 Å². The van der Waals surface area contributed by atoms with Crippen LogP contribution in [0.1, 0.15) is 20.3 Å². The number of methoxy groups -OCH3 is 1. The van der Waals surface area contributed by atoms with Crippen LogP contribution in [0, 0.1) is 0 Å². The molecule has 0 spiro atoms. The Morgan fingerprint density at radius 2 is 1.96 bits per heavy atom. The highest BCUT2D eigenvalue weighted by atomic mass is 32.2. The number of guanidine groups is 1. The fourth-order valence-corrected chi connectivity index (χ4v) is 3.63. The molecule has 0 aliphatic carbocycles. The first kappa shape index (κ1) is 19.4. The second kappa shape index (κ2) is 10.2. The van der Waals surface area contributed by atoms with Gasteiger partial charge in [-0.1, -0.05) is 25.1 Å². The van der Waals surface area contributed by atoms with Crippen molar-refractivity contribution in [2.45, 2.75) is 31.2 Å². The van der Waals surface area contributed by atoms with Crippen molar-refractivity contribution in [3.63, 3.8) is 0 Å². The Labute approximate surface area is 139 Å². The van der Waals surface area contributed by atoms with Crippen LogP contribution < -0.4 is 10.6 Å². The number of hydrogen-bond acceptors (Lipinski definition) is 4. The van der Waals surface area contributed by atoms with E-state index in [-0.39, 0.29) is 11.8 Å². The number of aliphatic imine (C=N–C) groups is 1. The summed E-state index contributed by atoms with van der Waals surface area (Å²) in [5, 5.41) is 6.31. The van der Waals surface area contributed by atoms with Crippen molar-refractivity contribution in [1.29, 1.82) is 0 Å². The molecule has 1 unspecified atom stereocenters. The predicted octanol–water partition coefficient (Wildman–Crippen LogP) is 1.44. The molecule has 23 heavy (non-hydrogen) atoms. The standard InChI is InChI=1S/C16H27N3O3S/c1-4-14(19-16(17-5-2)18-11-12-22-3)13-23(20,21)15-9-7-6-8-10-15/h6-10,14H,4-5,11-13H2,1-3H3,(H2,17,18,19). The van der Waals surface area contributed by atoms with Gasteiger partial charge in [0.25, 0.3) is 0 Å². The van der Waals surface area contributed by atoms with E-state index in [9.17, 15) is 8.42 Å². The summed E-state index contributed by atoms with van der Waals surface area (Å²) >= 11 is 0. The van der Waals surface area contributed by atoms with Crippen molar-refractivity contribution < 1.29 is 13.2 Å². The topological polar surface area (TPSA) is 79.8 Å². The number of sulfone groups is 1. The van der Waals surface area contributed by atoms with Crippen molar-refractivity contribution in [2.75, 3.05) is 32.6 Å². The first-order valence-corrected chi connectivity index (χ1v) is 9.50. The maximum absolute atomic E-state index is 12.5. The van der Waals surface area contributed by atoms with E-state index >= 15 is 0 Å². The third kappa shape index (κ3) is 7.00. The highest BCUT2D eigenvalue weighted by Gasteiger charge is 2.20. The van der Waals surface area contributed by atoms with Crippen LogP contribution >= 0.6 is 0 Å². The number of hydrogen-bond donors (Lipinski definition) is 2. The van der Waals surface area contributed by atoms with Gasteiger partial charge in [-0.25, -0.2) is 8.42 Å². The molecule has 0 radical (unpaired) electrons. The zero-order valence-electron chi connectivity index (χ0n) is 14.1. The van der Waals surface area contributed by atoms with Gasteiger partial charge in [0.15, 0.2) is 15.8 Å². The maximum Gasteiger partial charge on any atom is 0.191 e. The zero-order valence-corrected chi connectivity index (χ0v) is 14.9. The molecule has 0 bridgehead atoms. The summed E-state index contributed by atoms with van der Waals surface area (Å²) in [4.78, 5) is 4.72. The molecule has 1 rings (SSSR count). The summed E-state index contributed by atoms with van der Waals surface area (Å²) in [5.74, 6) is 0.641. The highest BCUT2D eigenvalue weighted by Crippen LogP contribution is 2.12. The normalized spacial score (nSPS) is 13.6. The van der Waals surface area contributed by atoms with E-state index in [0.717, 1.165) is 0 Å². The molecular formula is C16H27N3O3S. The molecule has 6 nitrogen and oxygen atoms in total. The lowest BCUT2D eigenvalue weighted by atomic mass is 10.3. The van der Waals surface area contributed by atoms with Crippen molar-refractivity contribution >= 4 is 15.8 Å². The first-order valence-electron chi connectivity index (χ1n) is 7.85. The molecule has 0 saturated heterocycles. The minimum Gasteiger partial charge on any atom is -0.383 e. The maximum atomic E-state index is 12.5. The Hall–Kier alpha value is -1.60. The summed E-state index contributed by atoms with van der Waals surface area (Å²) in [6.45, 7) is 5.68. The van der Waals surface area contributed by atoms with E-state index in [0.29, 0.717) is 37.0 Å². The summed E-state index contributed by atoms with van der Waals surface area (Å²) in [6, 6.07) is 8.32. The minimum atomic E-state index is -3.33. The van der Waals surface area contributed by atoms with E-state index in [4.69, 9.17) is 4.74 Å². The zero-order chi connectivity index (χ0) is 17.1. The number of nitrogens with one attached hydrogen (secondary N) is 2. The molecular weight excluding hydrogens is 314 g/mol. The quantitative estimate of drug-likeness (QED) is 0.404. The Balaban J connectivity index is 2.76. The molecule has 1 aromatic carbocycles. The Morgan fingerprint density at radius 3 is 2.52 bits per heavy atom. The molecule has 1 aromatic rings. The molecule has 0 fully saturated rings. The average Bonchev–Trinajstić information content (AvgIpc) is 2.55. The Kier molecular flexibility index (Phi) is 8.65. The summed E-state index contributed by atoms with van der Waals surface area (Å²) in [6.07, 6.45) is 0.681. The van der Waals surface area contributed by atoms with Crippen LogP contribution in [-0.2, 0) is 14.6 Å². The third-order valence-electron chi connectivity index (χ3n) is 3.27. The van der Waals surface area contributed by atoms with E-state index < -0.39 is 9.84 Å². The van der Waals surface area contributed by atoms with E-state index in [2.05, 4.69) is 15.6 Å². The van der Waals surface area contributed by atoms with Gasteiger partial charge in [-0.05, 0) is 25.5 Å². The molecule has 0 amide bonds.